The molecule has 1 heterocycles. The van der Waals surface area contributed by atoms with E-state index in [0.717, 1.165) is 39.2 Å². The van der Waals surface area contributed by atoms with Crippen molar-refractivity contribution < 1.29 is 2.74 Å². The van der Waals surface area contributed by atoms with Crippen molar-refractivity contribution in [3.8, 4) is 5.69 Å². The first kappa shape index (κ1) is 25.5. The first-order valence-corrected chi connectivity index (χ1v) is 15.7. The number of aryl methyl sites for hydroxylation is 1. The Kier molecular flexibility index (Phi) is 6.41. The number of benzene rings is 7. The molecule has 0 saturated carbocycles. The van der Waals surface area contributed by atoms with Gasteiger partial charge in [0.2, 0.25) is 0 Å². The molecule has 46 heavy (non-hydrogen) atoms. The predicted octanol–water partition coefficient (Wildman–Crippen LogP) is 12.2. The Hall–Kier alpha value is -5.86. The highest BCUT2D eigenvalue weighted by Crippen LogP contribution is 2.42. The molecule has 0 fully saturated rings. The lowest BCUT2D eigenvalue weighted by molar-refractivity contribution is 1.04. The summed E-state index contributed by atoms with van der Waals surface area (Å²) in [6.45, 7) is 4.27. The van der Waals surface area contributed by atoms with E-state index in [0.29, 0.717) is 5.56 Å². The van der Waals surface area contributed by atoms with Gasteiger partial charge in [-0.15, -0.1) is 0 Å². The van der Waals surface area contributed by atoms with Gasteiger partial charge >= 0.3 is 0 Å². The number of para-hydroxylation sites is 2. The third-order valence-electron chi connectivity index (χ3n) is 9.01. The van der Waals surface area contributed by atoms with Crippen molar-refractivity contribution in [2.75, 3.05) is 4.90 Å². The van der Waals surface area contributed by atoms with Crippen LogP contribution in [0.15, 0.2) is 158 Å². The van der Waals surface area contributed by atoms with Crippen LogP contribution < -0.4 is 4.90 Å². The topological polar surface area (TPSA) is 8.17 Å². The van der Waals surface area contributed by atoms with E-state index in [1.165, 1.54) is 32.8 Å². The smallest absolute Gasteiger partial charge is 0.0629 e. The molecule has 7 aromatic carbocycles. The zero-order valence-electron chi connectivity index (χ0n) is 27.9. The van der Waals surface area contributed by atoms with Crippen LogP contribution in [-0.4, -0.2) is 4.57 Å². The second kappa shape index (κ2) is 11.6. The van der Waals surface area contributed by atoms with Crippen LogP contribution in [0.2, 0.25) is 0 Å². The molecule has 0 N–H and O–H groups in total. The number of fused-ring (bicyclic) bond motifs is 4. The molecule has 0 aliphatic heterocycles. The number of aromatic nitrogens is 1. The van der Waals surface area contributed by atoms with Crippen LogP contribution in [0.25, 0.3) is 50.2 Å². The zero-order valence-corrected chi connectivity index (χ0v) is 25.9. The Labute approximate surface area is 272 Å². The van der Waals surface area contributed by atoms with Gasteiger partial charge < -0.3 is 9.47 Å². The molecule has 8 rings (SSSR count). The van der Waals surface area contributed by atoms with Crippen LogP contribution in [-0.2, 0) is 0 Å². The van der Waals surface area contributed by atoms with Crippen LogP contribution in [0.4, 0.5) is 17.1 Å². The van der Waals surface area contributed by atoms with E-state index in [1.54, 1.807) is 0 Å². The number of nitrogens with zero attached hydrogens (tertiary/aromatic N) is 2. The summed E-state index contributed by atoms with van der Waals surface area (Å²) in [5.41, 5.74) is 9.14. The molecule has 1 aromatic heterocycles. The number of rotatable bonds is 6. The van der Waals surface area contributed by atoms with Crippen molar-refractivity contribution in [1.82, 2.24) is 4.57 Å². The minimum atomic E-state index is 0.195. The van der Waals surface area contributed by atoms with Gasteiger partial charge in [0.15, 0.2) is 0 Å². The van der Waals surface area contributed by atoms with Crippen LogP contribution in [0.3, 0.4) is 0 Å². The highest BCUT2D eigenvalue weighted by molar-refractivity contribution is 6.14. The lowest BCUT2D eigenvalue weighted by Gasteiger charge is -2.27. The maximum absolute atomic E-state index is 9.08. The summed E-state index contributed by atoms with van der Waals surface area (Å²) in [5.74, 6) is 0. The SMILES string of the molecule is [2H]/C(=C(/[2H])c1ccc2c(c1)c(C)c(C)n2-c1ccccc1)c1ccc(N(c2ccccc2)c2cc3ccccc3c3ccccc23)cc1. The standard InChI is InChI=1S/C44H34N2/c1-31-32(2)45(36-14-5-3-6-15-36)43-28-25-34(29-42(31)43)22-21-33-23-26-38(27-24-33)46(37-16-7-4-8-17-37)44-30-35-13-9-10-18-39(35)40-19-11-12-20-41(40)44/h3-30H,1-2H3/b22-21+/i21D,22D. The summed E-state index contributed by atoms with van der Waals surface area (Å²) in [7, 11) is 0. The van der Waals surface area contributed by atoms with Crippen molar-refractivity contribution in [3.63, 3.8) is 0 Å². The van der Waals surface area contributed by atoms with Gasteiger partial charge in [0, 0.05) is 33.5 Å². The monoisotopic (exact) mass is 592 g/mol. The van der Waals surface area contributed by atoms with Gasteiger partial charge in [-0.1, -0.05) is 115 Å². The molecule has 0 aliphatic rings. The Morgan fingerprint density at radius 3 is 1.87 bits per heavy atom. The molecule has 0 radical (unpaired) electrons. The molecule has 0 spiro atoms. The summed E-state index contributed by atoms with van der Waals surface area (Å²) >= 11 is 0. The maximum atomic E-state index is 9.08. The van der Waals surface area contributed by atoms with Gasteiger partial charge in [-0.25, -0.2) is 0 Å². The van der Waals surface area contributed by atoms with E-state index in [2.05, 4.69) is 151 Å². The average Bonchev–Trinajstić information content (AvgIpc) is 3.40. The maximum Gasteiger partial charge on any atom is 0.0629 e. The molecular weight excluding hydrogens is 556 g/mol. The highest BCUT2D eigenvalue weighted by Gasteiger charge is 2.17. The molecule has 220 valence electrons. The Morgan fingerprint density at radius 2 is 1.11 bits per heavy atom. The van der Waals surface area contributed by atoms with Crippen molar-refractivity contribution >= 4 is 61.6 Å². The fourth-order valence-corrected chi connectivity index (χ4v) is 6.62. The molecule has 0 atom stereocenters. The average molecular weight is 593 g/mol. The molecule has 2 heteroatoms. The number of hydrogen-bond acceptors (Lipinski definition) is 1. The molecule has 0 aliphatic carbocycles. The number of anilines is 3. The van der Waals surface area contributed by atoms with Gasteiger partial charge in [0.05, 0.1) is 13.9 Å². The van der Waals surface area contributed by atoms with Crippen molar-refractivity contribution in [3.05, 3.63) is 180 Å². The molecular formula is C44H34N2. The Balaban J connectivity index is 1.20. The van der Waals surface area contributed by atoms with Crippen LogP contribution in [0.1, 0.15) is 25.1 Å². The summed E-state index contributed by atoms with van der Waals surface area (Å²) in [5, 5.41) is 5.89. The van der Waals surface area contributed by atoms with E-state index >= 15 is 0 Å². The summed E-state index contributed by atoms with van der Waals surface area (Å²) in [4.78, 5) is 2.28. The summed E-state index contributed by atoms with van der Waals surface area (Å²) in [6, 6.07) is 54.7. The van der Waals surface area contributed by atoms with Gasteiger partial charge in [-0.2, -0.15) is 0 Å². The Bertz CT molecular complexity index is 2480. The van der Waals surface area contributed by atoms with Crippen molar-refractivity contribution in [2.24, 2.45) is 0 Å². The van der Waals surface area contributed by atoms with E-state index in [-0.39, 0.29) is 12.1 Å². The first-order chi connectivity index (χ1) is 23.5. The lowest BCUT2D eigenvalue weighted by Crippen LogP contribution is -2.10. The van der Waals surface area contributed by atoms with Crippen LogP contribution >= 0.6 is 0 Å². The van der Waals surface area contributed by atoms with Gasteiger partial charge in [0.25, 0.3) is 0 Å². The summed E-state index contributed by atoms with van der Waals surface area (Å²) in [6.07, 6.45) is 0. The molecule has 0 unspecified atom stereocenters. The quantitative estimate of drug-likeness (QED) is 0.138. The third kappa shape index (κ3) is 4.85. The van der Waals surface area contributed by atoms with Gasteiger partial charge in [0.1, 0.15) is 0 Å². The molecule has 8 aromatic rings. The van der Waals surface area contributed by atoms with E-state index in [4.69, 9.17) is 2.74 Å². The highest BCUT2D eigenvalue weighted by atomic mass is 15.1. The van der Waals surface area contributed by atoms with E-state index in [9.17, 15) is 0 Å². The summed E-state index contributed by atoms with van der Waals surface area (Å²) < 4.78 is 20.4. The second-order valence-electron chi connectivity index (χ2n) is 11.7. The first-order valence-electron chi connectivity index (χ1n) is 16.7. The second-order valence-corrected chi connectivity index (χ2v) is 11.7. The van der Waals surface area contributed by atoms with Gasteiger partial charge in [-0.05, 0) is 101 Å². The Morgan fingerprint density at radius 1 is 0.522 bits per heavy atom. The van der Waals surface area contributed by atoms with Gasteiger partial charge in [-0.3, -0.25) is 0 Å². The van der Waals surface area contributed by atoms with Crippen molar-refractivity contribution in [1.29, 1.82) is 0 Å². The third-order valence-corrected chi connectivity index (χ3v) is 9.01. The van der Waals surface area contributed by atoms with Crippen LogP contribution in [0, 0.1) is 13.8 Å². The molecule has 0 amide bonds. The van der Waals surface area contributed by atoms with E-state index in [1.807, 2.05) is 30.3 Å². The fourth-order valence-electron chi connectivity index (χ4n) is 6.62. The molecule has 0 saturated heterocycles. The van der Waals surface area contributed by atoms with E-state index < -0.39 is 0 Å². The minimum Gasteiger partial charge on any atom is -0.314 e. The lowest BCUT2D eigenvalue weighted by atomic mass is 9.99. The molecule has 0 bridgehead atoms. The largest absolute Gasteiger partial charge is 0.314 e. The fraction of sp³-hybridized carbons (Fsp3) is 0.0455. The minimum absolute atomic E-state index is 0.195. The van der Waals surface area contributed by atoms with Crippen LogP contribution in [0.5, 0.6) is 0 Å². The zero-order chi connectivity index (χ0) is 32.8. The normalized spacial score (nSPS) is 12.7. The number of hydrogen-bond donors (Lipinski definition) is 0. The van der Waals surface area contributed by atoms with Crippen molar-refractivity contribution in [2.45, 2.75) is 13.8 Å². The molecule has 2 nitrogen and oxygen atoms in total. The predicted molar refractivity (Wildman–Crippen MR) is 198 cm³/mol.